The Bertz CT molecular complexity index is 1910. The maximum atomic E-state index is 13.9. The number of aliphatic hydroxyl groups is 2. The highest BCUT2D eigenvalue weighted by Gasteiger charge is 2.33. The summed E-state index contributed by atoms with van der Waals surface area (Å²) in [7, 11) is 0. The van der Waals surface area contributed by atoms with E-state index in [0.717, 1.165) is 5.56 Å². The lowest BCUT2D eigenvalue weighted by Gasteiger charge is -2.26. The second kappa shape index (κ2) is 33.5. The molecule has 0 aliphatic carbocycles. The van der Waals surface area contributed by atoms with Crippen molar-refractivity contribution in [1.29, 1.82) is 0 Å². The zero-order valence-electron chi connectivity index (χ0n) is 38.6. The molecule has 28 nitrogen and oxygen atoms in total. The smallest absolute Gasteiger partial charge is 0.245 e. The third-order valence-electron chi connectivity index (χ3n) is 9.48. The Morgan fingerprint density at radius 3 is 1.51 bits per heavy atom. The Hall–Kier alpha value is -6.98. The second-order valence-electron chi connectivity index (χ2n) is 15.4. The maximum Gasteiger partial charge on any atom is 0.245 e. The highest BCUT2D eigenvalue weighted by molar-refractivity contribution is 7.98. The molecule has 0 heterocycles. The predicted molar refractivity (Wildman–Crippen MR) is 259 cm³/mol. The van der Waals surface area contributed by atoms with Gasteiger partial charge in [-0.3, -0.25) is 53.3 Å². The van der Waals surface area contributed by atoms with Crippen LogP contribution >= 0.6 is 11.8 Å². The second-order valence-corrected chi connectivity index (χ2v) is 16.4. The first-order valence-electron chi connectivity index (χ1n) is 21.8. The minimum absolute atomic E-state index is 0.0138. The summed E-state index contributed by atoms with van der Waals surface area (Å²) in [6, 6.07) is 1.46. The first-order valence-corrected chi connectivity index (χ1v) is 23.0. The number of nitrogens with two attached hydrogens (primary N) is 8. The fourth-order valence-electron chi connectivity index (χ4n) is 6.04. The average Bonchev–Trinajstić information content (AvgIpc) is 3.29. The minimum Gasteiger partial charge on any atom is -0.394 e. The van der Waals surface area contributed by atoms with Crippen LogP contribution in [0.4, 0.5) is 0 Å². The van der Waals surface area contributed by atoms with Gasteiger partial charge in [-0.25, -0.2) is 0 Å². The highest BCUT2D eigenvalue weighted by Crippen LogP contribution is 2.13. The molecule has 8 amide bonds. The Balaban J connectivity index is 3.26. The third-order valence-corrected chi connectivity index (χ3v) is 10.7. The Kier molecular flexibility index (Phi) is 29.1. The molecular formula is C40H70N18O10S. The van der Waals surface area contributed by atoms with Gasteiger partial charge in [0.1, 0.15) is 30.2 Å². The summed E-state index contributed by atoms with van der Waals surface area (Å²) in [5.74, 6) is -6.96. The van der Waals surface area contributed by atoms with Crippen LogP contribution in [0.1, 0.15) is 57.4 Å². The molecule has 7 atom stereocenters. The van der Waals surface area contributed by atoms with Gasteiger partial charge in [-0.2, -0.15) is 11.8 Å². The number of primary amides is 1. The molecule has 0 bridgehead atoms. The van der Waals surface area contributed by atoms with E-state index in [1.807, 2.05) is 30.3 Å². The number of carbonyl (C=O) groups excluding carboxylic acids is 8. The maximum absolute atomic E-state index is 13.9. The SMILES string of the molecule is C[C@@H](O)[C@H](NC(=O)[C@H](CCCN=C(N)N)NC(=O)CN)C(=O)NCC(=O)N[C@@H](CCCN=C(N)N)C(=O)N[C@@H](CCCN=C(N)N)C(=O)N[C@@H](CC(N)=O)C(=O)N[C@@H](CO)CSCc1ccccc1. The molecule has 386 valence electrons. The number of hydrogen-bond donors (Lipinski definition) is 17. The molecular weight excluding hydrogens is 925 g/mol. The fraction of sp³-hybridized carbons (Fsp3) is 0.575. The van der Waals surface area contributed by atoms with Crippen LogP contribution in [0.25, 0.3) is 0 Å². The van der Waals surface area contributed by atoms with Crippen LogP contribution in [0.5, 0.6) is 0 Å². The lowest BCUT2D eigenvalue weighted by molar-refractivity contribution is -0.135. The quantitative estimate of drug-likeness (QED) is 0.0173. The Labute approximate surface area is 403 Å². The van der Waals surface area contributed by atoms with Crippen LogP contribution < -0.4 is 83.1 Å². The number of thioether (sulfide) groups is 1. The fourth-order valence-corrected chi connectivity index (χ4v) is 7.06. The molecule has 1 rings (SSSR count). The van der Waals surface area contributed by atoms with E-state index in [0.29, 0.717) is 5.75 Å². The van der Waals surface area contributed by atoms with Crippen LogP contribution in [0.3, 0.4) is 0 Å². The van der Waals surface area contributed by atoms with E-state index in [2.05, 4.69) is 52.2 Å². The van der Waals surface area contributed by atoms with E-state index in [9.17, 15) is 48.6 Å². The van der Waals surface area contributed by atoms with Crippen molar-refractivity contribution in [3.05, 3.63) is 35.9 Å². The predicted octanol–water partition coefficient (Wildman–Crippen LogP) is -7.69. The summed E-state index contributed by atoms with van der Waals surface area (Å²) in [5.41, 5.74) is 44.3. The molecule has 1 aromatic carbocycles. The lowest BCUT2D eigenvalue weighted by Crippen LogP contribution is -2.59. The molecule has 0 aliphatic heterocycles. The zero-order chi connectivity index (χ0) is 51.9. The monoisotopic (exact) mass is 995 g/mol. The van der Waals surface area contributed by atoms with Crippen LogP contribution in [0.15, 0.2) is 45.3 Å². The Morgan fingerprint density at radius 2 is 1.06 bits per heavy atom. The van der Waals surface area contributed by atoms with Gasteiger partial charge in [0.2, 0.25) is 47.3 Å². The third kappa shape index (κ3) is 26.8. The molecule has 0 saturated carbocycles. The zero-order valence-corrected chi connectivity index (χ0v) is 39.4. The number of aliphatic hydroxyl groups excluding tert-OH is 2. The number of aliphatic imine (C=N–C) groups is 3. The van der Waals surface area contributed by atoms with E-state index < -0.39 is 116 Å². The molecule has 1 aromatic rings. The summed E-state index contributed by atoms with van der Waals surface area (Å²) in [6.07, 6.45) is -1.94. The van der Waals surface area contributed by atoms with Crippen LogP contribution in [-0.4, -0.2) is 163 Å². The van der Waals surface area contributed by atoms with E-state index in [1.165, 1.54) is 18.7 Å². The van der Waals surface area contributed by atoms with Gasteiger partial charge in [0, 0.05) is 31.1 Å². The number of rotatable bonds is 34. The van der Waals surface area contributed by atoms with Crippen molar-refractivity contribution < 1.29 is 48.6 Å². The summed E-state index contributed by atoms with van der Waals surface area (Å²) >= 11 is 1.43. The van der Waals surface area contributed by atoms with E-state index in [-0.39, 0.29) is 81.8 Å². The first kappa shape index (κ1) is 60.0. The summed E-state index contributed by atoms with van der Waals surface area (Å²) < 4.78 is 0. The van der Waals surface area contributed by atoms with Crippen molar-refractivity contribution in [2.75, 3.05) is 45.1 Å². The molecule has 29 heteroatoms. The number of nitrogens with zero attached hydrogens (tertiary/aromatic N) is 3. The normalized spacial score (nSPS) is 13.7. The number of amides is 8. The average molecular weight is 995 g/mol. The topological polar surface area (TPSA) is 506 Å². The molecule has 69 heavy (non-hydrogen) atoms. The van der Waals surface area contributed by atoms with Gasteiger partial charge in [0.05, 0.1) is 38.3 Å². The molecule has 0 aliphatic rings. The molecule has 0 unspecified atom stereocenters. The molecule has 0 radical (unpaired) electrons. The van der Waals surface area contributed by atoms with Gasteiger partial charge >= 0.3 is 0 Å². The van der Waals surface area contributed by atoms with Crippen molar-refractivity contribution >= 4 is 76.9 Å². The van der Waals surface area contributed by atoms with E-state index >= 15 is 0 Å². The summed E-state index contributed by atoms with van der Waals surface area (Å²) in [5, 5.41) is 37.6. The van der Waals surface area contributed by atoms with Crippen LogP contribution in [0.2, 0.25) is 0 Å². The van der Waals surface area contributed by atoms with Crippen molar-refractivity contribution in [1.82, 2.24) is 37.2 Å². The largest absolute Gasteiger partial charge is 0.394 e. The number of hydrogen-bond acceptors (Lipinski definition) is 15. The first-order chi connectivity index (χ1) is 32.7. The van der Waals surface area contributed by atoms with Crippen molar-refractivity contribution in [3.63, 3.8) is 0 Å². The molecule has 0 aromatic heterocycles. The lowest BCUT2D eigenvalue weighted by atomic mass is 10.1. The minimum atomic E-state index is -1.63. The van der Waals surface area contributed by atoms with Crippen LogP contribution in [-0.2, 0) is 44.1 Å². The molecule has 0 saturated heterocycles. The van der Waals surface area contributed by atoms with Crippen molar-refractivity contribution in [3.8, 4) is 0 Å². The number of carbonyl (C=O) groups is 8. The molecule has 0 spiro atoms. The van der Waals surface area contributed by atoms with Crippen molar-refractivity contribution in [2.24, 2.45) is 60.8 Å². The number of benzene rings is 1. The van der Waals surface area contributed by atoms with E-state index in [1.54, 1.807) is 0 Å². The van der Waals surface area contributed by atoms with Gasteiger partial charge < -0.3 is 93.3 Å². The van der Waals surface area contributed by atoms with Crippen molar-refractivity contribution in [2.45, 2.75) is 100.0 Å². The highest BCUT2D eigenvalue weighted by atomic mass is 32.2. The molecule has 0 fully saturated rings. The Morgan fingerprint density at radius 1 is 0.609 bits per heavy atom. The van der Waals surface area contributed by atoms with Gasteiger partial charge in [-0.1, -0.05) is 30.3 Å². The van der Waals surface area contributed by atoms with Crippen LogP contribution in [0, 0.1) is 0 Å². The molecule has 25 N–H and O–H groups in total. The summed E-state index contributed by atoms with van der Waals surface area (Å²) in [6.45, 7) is -0.368. The van der Waals surface area contributed by atoms with Gasteiger partial charge in [-0.15, -0.1) is 0 Å². The number of nitrogens with one attached hydrogen (secondary N) is 7. The standard InChI is InChI=1S/C40H70N18O10S/c1-22(60)32(58-35(66)26(54-30(62)17-41)11-6-14-50-39(45)46)37(68)52-18-31(63)55-25(10-5-13-49-38(43)44)33(64)56-27(12-7-15-51-40(47)48)34(65)57-28(16-29(42)61)36(67)53-24(19-59)21-69-20-23-8-3-2-4-9-23/h2-4,8-9,22,24-28,32,59-60H,5-7,10-21,41H2,1H3,(H2,42,61)(H,52,68)(H,53,67)(H,54,62)(H,55,63)(H,56,64)(H,57,65)(H,58,66)(H4,43,44,49)(H4,45,46,50)(H4,47,48,51)/t22-,24+,25+,26+,27+,28+,32+/m1/s1. The van der Waals surface area contributed by atoms with E-state index in [4.69, 9.17) is 45.9 Å². The van der Waals surface area contributed by atoms with Gasteiger partial charge in [0.15, 0.2) is 17.9 Å². The van der Waals surface area contributed by atoms with Gasteiger partial charge in [0.25, 0.3) is 0 Å². The number of guanidine groups is 3. The van der Waals surface area contributed by atoms with Gasteiger partial charge in [-0.05, 0) is 51.0 Å². The summed E-state index contributed by atoms with van der Waals surface area (Å²) in [4.78, 5) is 117.